The van der Waals surface area contributed by atoms with Crippen molar-refractivity contribution in [1.82, 2.24) is 24.2 Å². The average molecular weight is 557 g/mol. The van der Waals surface area contributed by atoms with E-state index in [1.165, 1.54) is 48.3 Å². The minimum Gasteiger partial charge on any atom is -0.445 e. The van der Waals surface area contributed by atoms with Crippen LogP contribution in [0.1, 0.15) is 40.3 Å². The smallest absolute Gasteiger partial charge is 0.243 e. The van der Waals surface area contributed by atoms with Crippen molar-refractivity contribution in [3.05, 3.63) is 89.8 Å². The Bertz CT molecular complexity index is 1670. The maximum Gasteiger partial charge on any atom is 0.243 e. The van der Waals surface area contributed by atoms with E-state index < -0.39 is 10.0 Å². The Balaban J connectivity index is 1.07. The van der Waals surface area contributed by atoms with Gasteiger partial charge in [-0.25, -0.2) is 23.4 Å². The van der Waals surface area contributed by atoms with E-state index in [1.807, 2.05) is 18.2 Å². The summed E-state index contributed by atoms with van der Waals surface area (Å²) in [5.41, 5.74) is 3.49. The van der Waals surface area contributed by atoms with E-state index in [2.05, 4.69) is 24.8 Å². The minimum atomic E-state index is -3.78. The highest BCUT2D eigenvalue weighted by Crippen LogP contribution is 2.30. The number of carbonyl (C=O) groups is 1. The number of carbonyl (C=O) groups excluding carboxylic acids is 1. The van der Waals surface area contributed by atoms with Crippen LogP contribution >= 0.6 is 0 Å². The SMILES string of the molecule is O=C(c1cccc(N2CCN3CCCC3C2)c1)c1ncc2c(n1)CN(S(=O)(=O)c1ccc(-c3ncco3)cc1)C2. The summed E-state index contributed by atoms with van der Waals surface area (Å²) in [4.78, 5) is 31.4. The molecule has 3 aliphatic rings. The molecule has 0 saturated carbocycles. The lowest BCUT2D eigenvalue weighted by atomic mass is 10.1. The van der Waals surface area contributed by atoms with Gasteiger partial charge < -0.3 is 9.32 Å². The van der Waals surface area contributed by atoms with Crippen molar-refractivity contribution < 1.29 is 17.6 Å². The molecule has 2 aromatic heterocycles. The van der Waals surface area contributed by atoms with Crippen LogP contribution in [0.25, 0.3) is 11.5 Å². The molecule has 0 aliphatic carbocycles. The van der Waals surface area contributed by atoms with Crippen LogP contribution in [0.5, 0.6) is 0 Å². The van der Waals surface area contributed by atoms with E-state index in [9.17, 15) is 13.2 Å². The van der Waals surface area contributed by atoms with E-state index in [-0.39, 0.29) is 29.6 Å². The molecule has 3 aliphatic heterocycles. The molecule has 0 bridgehead atoms. The Morgan fingerprint density at radius 2 is 1.88 bits per heavy atom. The number of hydrogen-bond donors (Lipinski definition) is 0. The number of anilines is 1. The van der Waals surface area contributed by atoms with Gasteiger partial charge in [0.05, 0.1) is 23.3 Å². The van der Waals surface area contributed by atoms with E-state index in [0.717, 1.165) is 25.3 Å². The third-order valence-corrected chi connectivity index (χ3v) is 9.87. The molecule has 204 valence electrons. The molecule has 2 aromatic carbocycles. The molecule has 5 heterocycles. The van der Waals surface area contributed by atoms with Crippen molar-refractivity contribution in [3.63, 3.8) is 0 Å². The zero-order chi connectivity index (χ0) is 27.3. The van der Waals surface area contributed by atoms with Crippen LogP contribution in [0, 0.1) is 0 Å². The zero-order valence-corrected chi connectivity index (χ0v) is 22.6. The van der Waals surface area contributed by atoms with Crippen molar-refractivity contribution in [2.75, 3.05) is 31.1 Å². The van der Waals surface area contributed by atoms with Gasteiger partial charge in [-0.2, -0.15) is 4.31 Å². The molecule has 4 aromatic rings. The quantitative estimate of drug-likeness (QED) is 0.330. The molecule has 2 saturated heterocycles. The number of ketones is 1. The van der Waals surface area contributed by atoms with Crippen LogP contribution in [-0.4, -0.2) is 70.6 Å². The second kappa shape index (κ2) is 9.92. The molecule has 11 heteroatoms. The second-order valence-corrected chi connectivity index (χ2v) is 12.4. The second-order valence-electron chi connectivity index (χ2n) is 10.5. The molecule has 10 nitrogen and oxygen atoms in total. The lowest BCUT2D eigenvalue weighted by Gasteiger charge is -2.38. The summed E-state index contributed by atoms with van der Waals surface area (Å²) in [5, 5.41) is 0. The Hall–Kier alpha value is -3.93. The highest BCUT2D eigenvalue weighted by Gasteiger charge is 2.33. The molecule has 40 heavy (non-hydrogen) atoms. The van der Waals surface area contributed by atoms with Crippen LogP contribution < -0.4 is 4.90 Å². The number of oxazole rings is 1. The lowest BCUT2D eigenvalue weighted by Crippen LogP contribution is -2.50. The van der Waals surface area contributed by atoms with Crippen molar-refractivity contribution in [1.29, 1.82) is 0 Å². The number of hydrogen-bond acceptors (Lipinski definition) is 9. The molecule has 1 atom stereocenters. The maximum atomic E-state index is 13.4. The van der Waals surface area contributed by atoms with Gasteiger partial charge in [0, 0.05) is 60.8 Å². The number of benzene rings is 2. The zero-order valence-electron chi connectivity index (χ0n) is 21.8. The van der Waals surface area contributed by atoms with Gasteiger partial charge in [-0.3, -0.25) is 9.69 Å². The number of aromatic nitrogens is 3. The molecular formula is C29H28N6O4S. The fraction of sp³-hybridized carbons (Fsp3) is 0.310. The van der Waals surface area contributed by atoms with E-state index >= 15 is 0 Å². The summed E-state index contributed by atoms with van der Waals surface area (Å²) >= 11 is 0. The molecular weight excluding hydrogens is 528 g/mol. The monoisotopic (exact) mass is 556 g/mol. The first-order valence-electron chi connectivity index (χ1n) is 13.4. The predicted molar refractivity (Wildman–Crippen MR) is 147 cm³/mol. The Labute approximate surface area is 232 Å². The summed E-state index contributed by atoms with van der Waals surface area (Å²) < 4.78 is 33.4. The van der Waals surface area contributed by atoms with Crippen molar-refractivity contribution in [2.45, 2.75) is 36.9 Å². The van der Waals surface area contributed by atoms with Crippen LogP contribution in [-0.2, 0) is 23.1 Å². The van der Waals surface area contributed by atoms with Crippen molar-refractivity contribution in [2.24, 2.45) is 0 Å². The molecule has 0 amide bonds. The van der Waals surface area contributed by atoms with E-state index in [0.29, 0.717) is 34.3 Å². The van der Waals surface area contributed by atoms with Gasteiger partial charge in [-0.05, 0) is 55.8 Å². The summed E-state index contributed by atoms with van der Waals surface area (Å²) in [6.45, 7) is 4.36. The first kappa shape index (κ1) is 25.1. The number of nitrogens with zero attached hydrogens (tertiary/aromatic N) is 6. The largest absolute Gasteiger partial charge is 0.445 e. The summed E-state index contributed by atoms with van der Waals surface area (Å²) in [6, 6.07) is 14.6. The molecule has 7 rings (SSSR count). The molecule has 0 radical (unpaired) electrons. The highest BCUT2D eigenvalue weighted by molar-refractivity contribution is 7.89. The fourth-order valence-electron chi connectivity index (χ4n) is 5.89. The first-order valence-corrected chi connectivity index (χ1v) is 14.9. The Morgan fingerprint density at radius 1 is 1.00 bits per heavy atom. The molecule has 0 spiro atoms. The Kier molecular flexibility index (Phi) is 6.21. The van der Waals surface area contributed by atoms with Crippen molar-refractivity contribution in [3.8, 4) is 11.5 Å². The van der Waals surface area contributed by atoms with E-state index in [1.54, 1.807) is 24.4 Å². The maximum absolute atomic E-state index is 13.4. The number of piperazine rings is 1. The van der Waals surface area contributed by atoms with Gasteiger partial charge in [-0.1, -0.05) is 12.1 Å². The van der Waals surface area contributed by atoms with Gasteiger partial charge in [0.2, 0.25) is 27.5 Å². The predicted octanol–water partition coefficient (Wildman–Crippen LogP) is 3.35. The average Bonchev–Trinajstić information content (AvgIpc) is 3.77. The Morgan fingerprint density at radius 3 is 2.70 bits per heavy atom. The topological polar surface area (TPSA) is 113 Å². The normalized spacial score (nSPS) is 19.5. The number of fused-ring (bicyclic) bond motifs is 2. The molecule has 0 N–H and O–H groups in total. The van der Waals surface area contributed by atoms with Crippen LogP contribution in [0.2, 0.25) is 0 Å². The van der Waals surface area contributed by atoms with E-state index in [4.69, 9.17) is 4.42 Å². The summed E-state index contributed by atoms with van der Waals surface area (Å²) in [7, 11) is -3.78. The highest BCUT2D eigenvalue weighted by atomic mass is 32.2. The summed E-state index contributed by atoms with van der Waals surface area (Å²) in [6.07, 6.45) is 7.05. The first-order chi connectivity index (χ1) is 19.5. The van der Waals surface area contributed by atoms with Crippen LogP contribution in [0.3, 0.4) is 0 Å². The van der Waals surface area contributed by atoms with Gasteiger partial charge in [0.1, 0.15) is 6.26 Å². The number of sulfonamides is 1. The van der Waals surface area contributed by atoms with Gasteiger partial charge in [0.15, 0.2) is 0 Å². The van der Waals surface area contributed by atoms with Crippen molar-refractivity contribution >= 4 is 21.5 Å². The standard InChI is InChI=1S/C29H28N6O4S/c36-27(21-3-1-4-23(15-21)34-13-12-33-11-2-5-24(33)18-34)28-31-16-22-17-35(19-26(22)32-28)40(37,38)25-8-6-20(7-9-25)29-30-10-14-39-29/h1,3-4,6-10,14-16,24H,2,5,11-13,17-19H2. The third-order valence-electron chi connectivity index (χ3n) is 8.06. The summed E-state index contributed by atoms with van der Waals surface area (Å²) in [5.74, 6) is 0.227. The van der Waals surface area contributed by atoms with Gasteiger partial charge in [0.25, 0.3) is 0 Å². The third kappa shape index (κ3) is 4.49. The van der Waals surface area contributed by atoms with Crippen LogP contribution in [0.15, 0.2) is 76.5 Å². The van der Waals surface area contributed by atoms with Gasteiger partial charge in [-0.15, -0.1) is 0 Å². The molecule has 2 fully saturated rings. The lowest BCUT2D eigenvalue weighted by molar-refractivity contribution is 0.102. The van der Waals surface area contributed by atoms with Crippen LogP contribution in [0.4, 0.5) is 5.69 Å². The fourth-order valence-corrected chi connectivity index (χ4v) is 7.27. The van der Waals surface area contributed by atoms with Gasteiger partial charge >= 0.3 is 0 Å². The molecule has 1 unspecified atom stereocenters. The minimum absolute atomic E-state index is 0.0751. The number of rotatable bonds is 6.